The molecule has 0 spiro atoms. The molecule has 1 aromatic rings. The number of carbonyl (C=O) groups excluding carboxylic acids is 2. The fourth-order valence-electron chi connectivity index (χ4n) is 1.11. The van der Waals surface area contributed by atoms with Gasteiger partial charge < -0.3 is 11.1 Å². The van der Waals surface area contributed by atoms with Gasteiger partial charge in [-0.05, 0) is 24.6 Å². The first-order chi connectivity index (χ1) is 8.49. The van der Waals surface area contributed by atoms with Gasteiger partial charge in [-0.15, -0.1) is 0 Å². The summed E-state index contributed by atoms with van der Waals surface area (Å²) >= 11 is 5.80. The van der Waals surface area contributed by atoms with E-state index in [0.29, 0.717) is 11.6 Å². The molecule has 0 aliphatic rings. The molecule has 1 rings (SSSR count). The minimum absolute atomic E-state index is 0.306. The van der Waals surface area contributed by atoms with E-state index in [1.54, 1.807) is 18.2 Å². The molecule has 3 amide bonds. The molecule has 0 saturated heterocycles. The van der Waals surface area contributed by atoms with Gasteiger partial charge in [0.05, 0.1) is 6.04 Å². The number of carbonyl (C=O) groups is 2. The van der Waals surface area contributed by atoms with Gasteiger partial charge in [-0.2, -0.15) is 0 Å². The Labute approximate surface area is 110 Å². The SMILES string of the molecule is C[C@H](N)C(=O)NNC(=O)NCc1cccc(Cl)c1. The Hall–Kier alpha value is -1.79. The van der Waals surface area contributed by atoms with Crippen LogP contribution in [0.25, 0.3) is 0 Å². The third-order valence-corrected chi connectivity index (χ3v) is 2.29. The summed E-state index contributed by atoms with van der Waals surface area (Å²) in [7, 11) is 0. The zero-order valence-electron chi connectivity index (χ0n) is 9.87. The lowest BCUT2D eigenvalue weighted by atomic mass is 10.2. The monoisotopic (exact) mass is 270 g/mol. The predicted molar refractivity (Wildman–Crippen MR) is 68.6 cm³/mol. The van der Waals surface area contributed by atoms with Crippen molar-refractivity contribution in [3.63, 3.8) is 0 Å². The molecule has 0 aliphatic heterocycles. The topological polar surface area (TPSA) is 96.2 Å². The summed E-state index contributed by atoms with van der Waals surface area (Å²) in [5.74, 6) is -0.465. The van der Waals surface area contributed by atoms with Gasteiger partial charge in [-0.1, -0.05) is 23.7 Å². The summed E-state index contributed by atoms with van der Waals surface area (Å²) in [5.41, 5.74) is 10.5. The summed E-state index contributed by atoms with van der Waals surface area (Å²) in [4.78, 5) is 22.4. The quantitative estimate of drug-likeness (QED) is 0.603. The molecule has 6 nitrogen and oxygen atoms in total. The molecule has 1 atom stereocenters. The van der Waals surface area contributed by atoms with E-state index in [1.807, 2.05) is 6.07 Å². The van der Waals surface area contributed by atoms with Crippen molar-refractivity contribution in [1.82, 2.24) is 16.2 Å². The second-order valence-corrected chi connectivity index (χ2v) is 4.15. The maximum Gasteiger partial charge on any atom is 0.333 e. The van der Waals surface area contributed by atoms with E-state index in [9.17, 15) is 9.59 Å². The highest BCUT2D eigenvalue weighted by Crippen LogP contribution is 2.09. The summed E-state index contributed by atoms with van der Waals surface area (Å²) in [6.45, 7) is 1.82. The van der Waals surface area contributed by atoms with Gasteiger partial charge in [0.25, 0.3) is 5.91 Å². The molecule has 0 aromatic heterocycles. The molecule has 0 fully saturated rings. The average molecular weight is 271 g/mol. The molecule has 0 saturated carbocycles. The van der Waals surface area contributed by atoms with Crippen molar-refractivity contribution >= 4 is 23.5 Å². The largest absolute Gasteiger partial charge is 0.333 e. The fourth-order valence-corrected chi connectivity index (χ4v) is 1.32. The first kappa shape index (κ1) is 14.3. The second kappa shape index (κ2) is 6.83. The number of urea groups is 1. The zero-order chi connectivity index (χ0) is 13.5. The normalized spacial score (nSPS) is 11.5. The van der Waals surface area contributed by atoms with Crippen LogP contribution in [0.3, 0.4) is 0 Å². The van der Waals surface area contributed by atoms with Crippen LogP contribution >= 0.6 is 11.6 Å². The Balaban J connectivity index is 2.31. The third-order valence-electron chi connectivity index (χ3n) is 2.05. The molecule has 0 radical (unpaired) electrons. The Morgan fingerprint density at radius 2 is 2.11 bits per heavy atom. The van der Waals surface area contributed by atoms with Gasteiger partial charge in [-0.25, -0.2) is 10.2 Å². The number of nitrogens with one attached hydrogen (secondary N) is 3. The summed E-state index contributed by atoms with van der Waals surface area (Å²) in [6, 6.07) is 5.89. The number of halogens is 1. The van der Waals surface area contributed by atoms with Gasteiger partial charge >= 0.3 is 6.03 Å². The fraction of sp³-hybridized carbons (Fsp3) is 0.273. The Morgan fingerprint density at radius 3 is 2.72 bits per heavy atom. The molecule has 0 unspecified atom stereocenters. The van der Waals surface area contributed by atoms with Crippen LogP contribution in [0.2, 0.25) is 5.02 Å². The molecule has 98 valence electrons. The molecule has 0 heterocycles. The van der Waals surface area contributed by atoms with E-state index < -0.39 is 18.0 Å². The molecule has 0 aliphatic carbocycles. The van der Waals surface area contributed by atoms with E-state index in [4.69, 9.17) is 17.3 Å². The third kappa shape index (κ3) is 5.03. The van der Waals surface area contributed by atoms with Crippen molar-refractivity contribution in [3.05, 3.63) is 34.9 Å². The number of rotatable bonds is 3. The zero-order valence-corrected chi connectivity index (χ0v) is 10.6. The maximum absolute atomic E-state index is 11.3. The van der Waals surface area contributed by atoms with Crippen LogP contribution in [0.4, 0.5) is 4.79 Å². The van der Waals surface area contributed by atoms with Crippen LogP contribution < -0.4 is 21.9 Å². The predicted octanol–water partition coefficient (Wildman–Crippen LogP) is 0.518. The van der Waals surface area contributed by atoms with Crippen LogP contribution in [0, 0.1) is 0 Å². The maximum atomic E-state index is 11.3. The number of nitrogens with two attached hydrogens (primary N) is 1. The second-order valence-electron chi connectivity index (χ2n) is 3.72. The average Bonchev–Trinajstić information content (AvgIpc) is 2.33. The lowest BCUT2D eigenvalue weighted by Gasteiger charge is -2.10. The smallest absolute Gasteiger partial charge is 0.333 e. The number of benzene rings is 1. The molecule has 18 heavy (non-hydrogen) atoms. The molecule has 7 heteroatoms. The van der Waals surface area contributed by atoms with E-state index in [-0.39, 0.29) is 0 Å². The van der Waals surface area contributed by atoms with Gasteiger partial charge in [0.15, 0.2) is 0 Å². The first-order valence-electron chi connectivity index (χ1n) is 5.33. The van der Waals surface area contributed by atoms with E-state index >= 15 is 0 Å². The number of hydrogen-bond donors (Lipinski definition) is 4. The Kier molecular flexibility index (Phi) is 5.41. The Bertz CT molecular complexity index is 437. The molecular formula is C11H15ClN4O2. The van der Waals surface area contributed by atoms with Crippen molar-refractivity contribution in [1.29, 1.82) is 0 Å². The lowest BCUT2D eigenvalue weighted by molar-refractivity contribution is -0.122. The number of hydrogen-bond acceptors (Lipinski definition) is 3. The van der Waals surface area contributed by atoms with E-state index in [0.717, 1.165) is 5.56 Å². The minimum atomic E-state index is -0.682. The minimum Gasteiger partial charge on any atom is -0.333 e. The van der Waals surface area contributed by atoms with Crippen LogP contribution in [-0.4, -0.2) is 18.0 Å². The van der Waals surface area contributed by atoms with Crippen molar-refractivity contribution in [3.8, 4) is 0 Å². The summed E-state index contributed by atoms with van der Waals surface area (Å²) in [5, 5.41) is 3.15. The van der Waals surface area contributed by atoms with Crippen LogP contribution in [0.1, 0.15) is 12.5 Å². The van der Waals surface area contributed by atoms with Gasteiger partial charge in [0.1, 0.15) is 0 Å². The Morgan fingerprint density at radius 1 is 1.39 bits per heavy atom. The molecule has 5 N–H and O–H groups in total. The van der Waals surface area contributed by atoms with Crippen LogP contribution in [0.5, 0.6) is 0 Å². The van der Waals surface area contributed by atoms with Gasteiger partial charge in [-0.3, -0.25) is 10.2 Å². The first-order valence-corrected chi connectivity index (χ1v) is 5.70. The molecule has 1 aromatic carbocycles. The highest BCUT2D eigenvalue weighted by atomic mass is 35.5. The molecular weight excluding hydrogens is 256 g/mol. The summed E-state index contributed by atoms with van der Waals surface area (Å²) in [6.07, 6.45) is 0. The number of amides is 3. The lowest BCUT2D eigenvalue weighted by Crippen LogP contribution is -2.51. The standard InChI is InChI=1S/C11H15ClN4O2/c1-7(13)10(17)15-16-11(18)14-6-8-3-2-4-9(12)5-8/h2-5,7H,6,13H2,1H3,(H,15,17)(H2,14,16,18)/t7-/m0/s1. The summed E-state index contributed by atoms with van der Waals surface area (Å²) < 4.78 is 0. The van der Waals surface area contributed by atoms with E-state index in [1.165, 1.54) is 6.92 Å². The van der Waals surface area contributed by atoms with Crippen molar-refractivity contribution < 1.29 is 9.59 Å². The van der Waals surface area contributed by atoms with Crippen LogP contribution in [-0.2, 0) is 11.3 Å². The van der Waals surface area contributed by atoms with Crippen molar-refractivity contribution in [2.24, 2.45) is 5.73 Å². The van der Waals surface area contributed by atoms with Crippen LogP contribution in [0.15, 0.2) is 24.3 Å². The van der Waals surface area contributed by atoms with Crippen molar-refractivity contribution in [2.75, 3.05) is 0 Å². The highest BCUT2D eigenvalue weighted by Gasteiger charge is 2.07. The molecule has 0 bridgehead atoms. The highest BCUT2D eigenvalue weighted by molar-refractivity contribution is 6.30. The number of hydrazine groups is 1. The van der Waals surface area contributed by atoms with E-state index in [2.05, 4.69) is 16.2 Å². The van der Waals surface area contributed by atoms with Crippen molar-refractivity contribution in [2.45, 2.75) is 19.5 Å². The van der Waals surface area contributed by atoms with Gasteiger partial charge in [0.2, 0.25) is 0 Å². The van der Waals surface area contributed by atoms with Gasteiger partial charge in [0, 0.05) is 11.6 Å².